The van der Waals surface area contributed by atoms with Gasteiger partial charge in [-0.15, -0.1) is 0 Å². The fraction of sp³-hybridized carbons (Fsp3) is 0.200. The number of rotatable bonds is 2. The smallest absolute Gasteiger partial charge is 0.114 e. The predicted molar refractivity (Wildman–Crippen MR) is 61.3 cm³/mol. The monoisotopic (exact) mass is 205 g/mol. The van der Waals surface area contributed by atoms with Crippen LogP contribution in [-0.4, -0.2) is 15.0 Å². The van der Waals surface area contributed by atoms with E-state index in [-0.39, 0.29) is 0 Å². The van der Waals surface area contributed by atoms with Gasteiger partial charge in [0.15, 0.2) is 0 Å². The van der Waals surface area contributed by atoms with E-state index in [4.69, 9.17) is 18.0 Å². The summed E-state index contributed by atoms with van der Waals surface area (Å²) in [6.45, 7) is 2.05. The van der Waals surface area contributed by atoms with Crippen molar-refractivity contribution in [2.45, 2.75) is 13.3 Å². The van der Waals surface area contributed by atoms with Crippen molar-refractivity contribution in [3.8, 4) is 0 Å². The van der Waals surface area contributed by atoms with Crippen molar-refractivity contribution in [3.63, 3.8) is 0 Å². The van der Waals surface area contributed by atoms with Gasteiger partial charge >= 0.3 is 0 Å². The van der Waals surface area contributed by atoms with Gasteiger partial charge in [-0.25, -0.2) is 4.98 Å². The van der Waals surface area contributed by atoms with Gasteiger partial charge in [-0.2, -0.15) is 0 Å². The van der Waals surface area contributed by atoms with E-state index < -0.39 is 0 Å². The Hall–Kier alpha value is -1.42. The Labute approximate surface area is 87.3 Å². The molecule has 0 bridgehead atoms. The third kappa shape index (κ3) is 1.75. The molecule has 2 rings (SSSR count). The van der Waals surface area contributed by atoms with Crippen molar-refractivity contribution in [3.05, 3.63) is 29.6 Å². The summed E-state index contributed by atoms with van der Waals surface area (Å²) in [6, 6.07) is 6.09. The van der Waals surface area contributed by atoms with Crippen LogP contribution in [0.4, 0.5) is 0 Å². The van der Waals surface area contributed by atoms with Gasteiger partial charge in [-0.1, -0.05) is 18.3 Å². The minimum absolute atomic E-state index is 0.459. The fourth-order valence-electron chi connectivity index (χ4n) is 1.43. The summed E-state index contributed by atoms with van der Waals surface area (Å²) in [5.41, 5.74) is 8.66. The van der Waals surface area contributed by atoms with Crippen molar-refractivity contribution in [2.75, 3.05) is 0 Å². The Morgan fingerprint density at radius 1 is 1.57 bits per heavy atom. The molecule has 14 heavy (non-hydrogen) atoms. The molecule has 0 saturated carbocycles. The Morgan fingerprint density at radius 3 is 3.07 bits per heavy atom. The maximum absolute atomic E-state index is 5.45. The molecule has 0 aliphatic rings. The van der Waals surface area contributed by atoms with Crippen LogP contribution in [0.25, 0.3) is 11.0 Å². The van der Waals surface area contributed by atoms with E-state index in [1.165, 1.54) is 5.56 Å². The molecule has 3 N–H and O–H groups in total. The molecule has 1 heterocycles. The first-order valence-corrected chi connectivity index (χ1v) is 4.79. The van der Waals surface area contributed by atoms with Crippen molar-refractivity contribution in [1.82, 2.24) is 9.97 Å². The zero-order valence-corrected chi connectivity index (χ0v) is 8.69. The van der Waals surface area contributed by atoms with Crippen LogP contribution in [0.2, 0.25) is 0 Å². The van der Waals surface area contributed by atoms with E-state index in [0.717, 1.165) is 16.9 Å². The molecule has 0 fully saturated rings. The lowest BCUT2D eigenvalue weighted by molar-refractivity contribution is 1.11. The summed E-state index contributed by atoms with van der Waals surface area (Å²) in [6.07, 6.45) is 0.531. The van der Waals surface area contributed by atoms with Crippen LogP contribution in [-0.2, 0) is 6.42 Å². The topological polar surface area (TPSA) is 54.7 Å². The van der Waals surface area contributed by atoms with Crippen LogP contribution in [0.1, 0.15) is 11.4 Å². The normalized spacial score (nSPS) is 10.6. The largest absolute Gasteiger partial charge is 0.393 e. The van der Waals surface area contributed by atoms with Gasteiger partial charge in [-0.3, -0.25) is 0 Å². The number of fused-ring (bicyclic) bond motifs is 1. The minimum atomic E-state index is 0.459. The van der Waals surface area contributed by atoms with E-state index >= 15 is 0 Å². The number of aryl methyl sites for hydroxylation is 1. The van der Waals surface area contributed by atoms with E-state index in [9.17, 15) is 0 Å². The third-order valence-corrected chi connectivity index (χ3v) is 2.17. The van der Waals surface area contributed by atoms with Gasteiger partial charge in [0.1, 0.15) is 5.82 Å². The standard InChI is InChI=1S/C10H11N3S/c1-6-2-3-7-8(4-6)13-10(12-7)5-9(11)14/h2-4H,5H2,1H3,(H2,11,14)(H,12,13). The molecule has 0 spiro atoms. The molecule has 0 amide bonds. The second kappa shape index (κ2) is 3.38. The first kappa shape index (κ1) is 9.15. The number of nitrogens with two attached hydrogens (primary N) is 1. The molecule has 0 atom stereocenters. The van der Waals surface area contributed by atoms with Gasteiger partial charge in [0.2, 0.25) is 0 Å². The lowest BCUT2D eigenvalue weighted by Crippen LogP contribution is -2.11. The molecule has 3 nitrogen and oxygen atoms in total. The van der Waals surface area contributed by atoms with Crippen molar-refractivity contribution in [2.24, 2.45) is 5.73 Å². The van der Waals surface area contributed by atoms with E-state index in [2.05, 4.69) is 16.0 Å². The molecule has 0 aliphatic heterocycles. The summed E-state index contributed by atoms with van der Waals surface area (Å²) < 4.78 is 0. The van der Waals surface area contributed by atoms with Crippen molar-refractivity contribution < 1.29 is 0 Å². The lowest BCUT2D eigenvalue weighted by atomic mass is 10.2. The summed E-state index contributed by atoms with van der Waals surface area (Å²) in [5, 5.41) is 0. The van der Waals surface area contributed by atoms with Crippen LogP contribution in [0, 0.1) is 6.92 Å². The Morgan fingerprint density at radius 2 is 2.36 bits per heavy atom. The number of H-pyrrole nitrogens is 1. The molecular formula is C10H11N3S. The predicted octanol–water partition coefficient (Wildman–Crippen LogP) is 1.70. The zero-order chi connectivity index (χ0) is 10.1. The number of aromatic nitrogens is 2. The molecule has 2 aromatic rings. The van der Waals surface area contributed by atoms with E-state index in [1.54, 1.807) is 0 Å². The van der Waals surface area contributed by atoms with Crippen LogP contribution in [0.5, 0.6) is 0 Å². The van der Waals surface area contributed by atoms with Crippen LogP contribution in [0.3, 0.4) is 0 Å². The van der Waals surface area contributed by atoms with Gasteiger partial charge in [-0.05, 0) is 24.6 Å². The highest BCUT2D eigenvalue weighted by atomic mass is 32.1. The maximum atomic E-state index is 5.45. The third-order valence-electron chi connectivity index (χ3n) is 2.03. The molecular weight excluding hydrogens is 194 g/mol. The zero-order valence-electron chi connectivity index (χ0n) is 7.87. The Balaban J connectivity index is 2.46. The summed E-state index contributed by atoms with van der Waals surface area (Å²) in [4.78, 5) is 8.02. The van der Waals surface area contributed by atoms with Gasteiger partial charge < -0.3 is 10.7 Å². The van der Waals surface area contributed by atoms with Gasteiger partial charge in [0.05, 0.1) is 22.4 Å². The summed E-state index contributed by atoms with van der Waals surface area (Å²) >= 11 is 4.83. The van der Waals surface area contributed by atoms with E-state index in [0.29, 0.717) is 11.4 Å². The van der Waals surface area contributed by atoms with Gasteiger partial charge in [0.25, 0.3) is 0 Å². The van der Waals surface area contributed by atoms with Gasteiger partial charge in [0, 0.05) is 0 Å². The molecule has 0 unspecified atom stereocenters. The van der Waals surface area contributed by atoms with Crippen LogP contribution in [0.15, 0.2) is 18.2 Å². The molecule has 72 valence electrons. The quantitative estimate of drug-likeness (QED) is 0.734. The van der Waals surface area contributed by atoms with Crippen molar-refractivity contribution in [1.29, 1.82) is 0 Å². The highest BCUT2D eigenvalue weighted by Gasteiger charge is 2.03. The molecule has 0 aliphatic carbocycles. The van der Waals surface area contributed by atoms with E-state index in [1.807, 2.05) is 19.1 Å². The molecule has 4 heteroatoms. The lowest BCUT2D eigenvalue weighted by Gasteiger charge is -1.90. The number of nitrogens with zero attached hydrogens (tertiary/aromatic N) is 1. The number of hydrogen-bond acceptors (Lipinski definition) is 2. The summed E-state index contributed by atoms with van der Waals surface area (Å²) in [5.74, 6) is 0.832. The molecule has 1 aromatic carbocycles. The Bertz CT molecular complexity index is 487. The van der Waals surface area contributed by atoms with Crippen molar-refractivity contribution >= 4 is 28.2 Å². The summed E-state index contributed by atoms with van der Waals surface area (Å²) in [7, 11) is 0. The maximum Gasteiger partial charge on any atom is 0.114 e. The fourth-order valence-corrected chi connectivity index (χ4v) is 1.56. The number of aromatic amines is 1. The molecule has 0 radical (unpaired) electrons. The molecule has 0 saturated heterocycles. The van der Waals surface area contributed by atoms with Crippen LogP contribution >= 0.6 is 12.2 Å². The second-order valence-corrected chi connectivity index (χ2v) is 3.87. The first-order valence-electron chi connectivity index (χ1n) is 4.39. The Kier molecular flexibility index (Phi) is 2.21. The number of hydrogen-bond donors (Lipinski definition) is 2. The number of imidazole rings is 1. The average molecular weight is 205 g/mol. The SMILES string of the molecule is Cc1ccc2nc(CC(N)=S)[nH]c2c1. The highest BCUT2D eigenvalue weighted by Crippen LogP contribution is 2.13. The average Bonchev–Trinajstić information content (AvgIpc) is 2.44. The molecule has 1 aromatic heterocycles. The highest BCUT2D eigenvalue weighted by molar-refractivity contribution is 7.80. The number of benzene rings is 1. The minimum Gasteiger partial charge on any atom is -0.393 e. The number of nitrogens with one attached hydrogen (secondary N) is 1. The first-order chi connectivity index (χ1) is 6.65. The van der Waals surface area contributed by atoms with Crippen LogP contribution < -0.4 is 5.73 Å². The second-order valence-electron chi connectivity index (χ2n) is 3.35. The number of thiocarbonyl (C=S) groups is 1.